The van der Waals surface area contributed by atoms with E-state index in [4.69, 9.17) is 16.3 Å². The van der Waals surface area contributed by atoms with Crippen LogP contribution in [0.4, 0.5) is 5.69 Å². The van der Waals surface area contributed by atoms with E-state index in [1.54, 1.807) is 48.5 Å². The van der Waals surface area contributed by atoms with E-state index in [1.165, 1.54) is 6.08 Å². The van der Waals surface area contributed by atoms with Crippen LogP contribution in [0.1, 0.15) is 28.4 Å². The molecule has 152 valence electrons. The van der Waals surface area contributed by atoms with E-state index in [0.29, 0.717) is 21.8 Å². The zero-order valence-corrected chi connectivity index (χ0v) is 17.5. The molecule has 4 nitrogen and oxygen atoms in total. The van der Waals surface area contributed by atoms with Crippen molar-refractivity contribution in [1.82, 2.24) is 0 Å². The summed E-state index contributed by atoms with van der Waals surface area (Å²) in [5.41, 5.74) is 3.90. The van der Waals surface area contributed by atoms with E-state index in [-0.39, 0.29) is 0 Å². The highest BCUT2D eigenvalue weighted by atomic mass is 35.5. The molecule has 0 spiro atoms. The molecular formula is C25H22ClNO3. The Balaban J connectivity index is 1.81. The number of rotatable bonds is 6. The van der Waals surface area contributed by atoms with Crippen LogP contribution in [0.15, 0.2) is 78.9 Å². The van der Waals surface area contributed by atoms with E-state index < -0.39 is 18.0 Å². The number of aryl methyl sites for hydroxylation is 2. The molecule has 3 aromatic rings. The Morgan fingerprint density at radius 1 is 0.967 bits per heavy atom. The number of carbonyl (C=O) groups excluding carboxylic acids is 2. The minimum Gasteiger partial charge on any atom is -0.444 e. The summed E-state index contributed by atoms with van der Waals surface area (Å²) in [6, 6.07) is 21.8. The fourth-order valence-corrected chi connectivity index (χ4v) is 3.09. The minimum atomic E-state index is -1.09. The van der Waals surface area contributed by atoms with Gasteiger partial charge in [0.05, 0.1) is 0 Å². The Morgan fingerprint density at radius 2 is 1.67 bits per heavy atom. The summed E-state index contributed by atoms with van der Waals surface area (Å²) in [5, 5.41) is 3.40. The Bertz CT molecular complexity index is 1080. The van der Waals surface area contributed by atoms with Gasteiger partial charge in [-0.1, -0.05) is 72.3 Å². The number of benzene rings is 3. The summed E-state index contributed by atoms with van der Waals surface area (Å²) in [6.45, 7) is 3.86. The lowest BCUT2D eigenvalue weighted by Gasteiger charge is -2.18. The molecule has 0 aliphatic carbocycles. The molecule has 0 radical (unpaired) electrons. The molecule has 0 aliphatic rings. The van der Waals surface area contributed by atoms with Crippen LogP contribution in [-0.2, 0) is 14.3 Å². The Hall–Kier alpha value is -3.37. The molecule has 0 bridgehead atoms. The van der Waals surface area contributed by atoms with Crippen LogP contribution < -0.4 is 5.32 Å². The number of nitrogens with one attached hydrogen (secondary N) is 1. The van der Waals surface area contributed by atoms with E-state index in [0.717, 1.165) is 11.1 Å². The van der Waals surface area contributed by atoms with Gasteiger partial charge in [-0.15, -0.1) is 0 Å². The van der Waals surface area contributed by atoms with Crippen molar-refractivity contribution in [2.24, 2.45) is 0 Å². The van der Waals surface area contributed by atoms with Crippen LogP contribution in [0.5, 0.6) is 0 Å². The van der Waals surface area contributed by atoms with Gasteiger partial charge in [-0.2, -0.15) is 0 Å². The van der Waals surface area contributed by atoms with Crippen LogP contribution in [0.3, 0.4) is 0 Å². The highest BCUT2D eigenvalue weighted by Crippen LogP contribution is 2.23. The smallest absolute Gasteiger partial charge is 0.331 e. The fourth-order valence-electron chi connectivity index (χ4n) is 2.89. The zero-order chi connectivity index (χ0) is 21.5. The average Bonchev–Trinajstić information content (AvgIpc) is 2.74. The molecular weight excluding hydrogens is 398 g/mol. The van der Waals surface area contributed by atoms with Gasteiger partial charge in [0.25, 0.3) is 5.91 Å². The normalized spacial score (nSPS) is 11.8. The number of amides is 1. The number of esters is 1. The van der Waals surface area contributed by atoms with Gasteiger partial charge in [0.2, 0.25) is 6.10 Å². The first-order valence-corrected chi connectivity index (χ1v) is 9.88. The second-order valence-corrected chi connectivity index (χ2v) is 7.30. The molecule has 0 aromatic heterocycles. The fraction of sp³-hybridized carbons (Fsp3) is 0.120. The average molecular weight is 420 g/mol. The summed E-state index contributed by atoms with van der Waals surface area (Å²) in [5.74, 6) is -1.06. The summed E-state index contributed by atoms with van der Waals surface area (Å²) in [6.07, 6.45) is 1.74. The third-order valence-corrected chi connectivity index (χ3v) is 4.87. The second-order valence-electron chi connectivity index (χ2n) is 6.89. The van der Waals surface area contributed by atoms with E-state index >= 15 is 0 Å². The molecule has 0 fully saturated rings. The molecule has 1 atom stereocenters. The van der Waals surface area contributed by atoms with Gasteiger partial charge in [0, 0.05) is 22.3 Å². The molecule has 3 aromatic carbocycles. The Morgan fingerprint density at radius 3 is 2.40 bits per heavy atom. The van der Waals surface area contributed by atoms with Crippen LogP contribution >= 0.6 is 11.6 Å². The highest BCUT2D eigenvalue weighted by Gasteiger charge is 2.24. The summed E-state index contributed by atoms with van der Waals surface area (Å²) >= 11 is 6.11. The van der Waals surface area contributed by atoms with Crippen molar-refractivity contribution in [1.29, 1.82) is 0 Å². The second kappa shape index (κ2) is 9.90. The number of hydrogen-bond donors (Lipinski definition) is 1. The van der Waals surface area contributed by atoms with Gasteiger partial charge in [-0.05, 0) is 48.7 Å². The third-order valence-electron chi connectivity index (χ3n) is 4.53. The van der Waals surface area contributed by atoms with Crippen molar-refractivity contribution in [3.05, 3.63) is 106 Å². The first kappa shape index (κ1) is 21.3. The molecule has 0 saturated carbocycles. The largest absolute Gasteiger partial charge is 0.444 e. The van der Waals surface area contributed by atoms with Crippen molar-refractivity contribution in [2.75, 3.05) is 5.32 Å². The number of ether oxygens (including phenoxy) is 1. The molecule has 1 N–H and O–H groups in total. The van der Waals surface area contributed by atoms with Gasteiger partial charge >= 0.3 is 5.97 Å². The number of hydrogen-bond acceptors (Lipinski definition) is 3. The van der Waals surface area contributed by atoms with Crippen LogP contribution in [0, 0.1) is 13.8 Å². The lowest BCUT2D eigenvalue weighted by atomic mass is 10.1. The maximum Gasteiger partial charge on any atom is 0.331 e. The van der Waals surface area contributed by atoms with Crippen molar-refractivity contribution < 1.29 is 14.3 Å². The standard InChI is InChI=1S/C25H22ClNO3/c1-17-12-13-18(2)22(16-17)27-25(29)24(20-9-4-3-5-10-20)30-23(28)15-14-19-8-6-7-11-21(19)26/h3-16,24H,1-2H3,(H,27,29)/b15-14+/t24-/m0/s1. The lowest BCUT2D eigenvalue weighted by molar-refractivity contribution is -0.149. The minimum absolute atomic E-state index is 0.422. The van der Waals surface area contributed by atoms with Crippen LogP contribution in [0.25, 0.3) is 6.08 Å². The SMILES string of the molecule is Cc1ccc(C)c(NC(=O)[C@@H](OC(=O)/C=C/c2ccccc2Cl)c2ccccc2)c1. The molecule has 0 aliphatic heterocycles. The van der Waals surface area contributed by atoms with E-state index in [1.807, 2.05) is 44.2 Å². The first-order valence-electron chi connectivity index (χ1n) is 9.50. The predicted molar refractivity (Wildman–Crippen MR) is 120 cm³/mol. The lowest BCUT2D eigenvalue weighted by Crippen LogP contribution is -2.25. The molecule has 0 saturated heterocycles. The zero-order valence-electron chi connectivity index (χ0n) is 16.8. The third kappa shape index (κ3) is 5.58. The summed E-state index contributed by atoms with van der Waals surface area (Å²) in [7, 11) is 0. The summed E-state index contributed by atoms with van der Waals surface area (Å²) < 4.78 is 5.52. The Kier molecular flexibility index (Phi) is 7.04. The topological polar surface area (TPSA) is 55.4 Å². The van der Waals surface area contributed by atoms with Crippen molar-refractivity contribution in [3.63, 3.8) is 0 Å². The maximum absolute atomic E-state index is 13.0. The first-order chi connectivity index (χ1) is 14.4. The predicted octanol–water partition coefficient (Wildman–Crippen LogP) is 5.89. The number of anilines is 1. The van der Waals surface area contributed by atoms with Crippen molar-refractivity contribution in [3.8, 4) is 0 Å². The molecule has 0 heterocycles. The van der Waals surface area contributed by atoms with Crippen molar-refractivity contribution >= 4 is 35.2 Å². The summed E-state index contributed by atoms with van der Waals surface area (Å²) in [4.78, 5) is 25.5. The molecule has 0 unspecified atom stereocenters. The maximum atomic E-state index is 13.0. The molecule has 3 rings (SSSR count). The molecule has 5 heteroatoms. The molecule has 1 amide bonds. The van der Waals surface area contributed by atoms with Gasteiger partial charge in [0.15, 0.2) is 0 Å². The van der Waals surface area contributed by atoms with E-state index in [2.05, 4.69) is 5.32 Å². The van der Waals surface area contributed by atoms with Crippen molar-refractivity contribution in [2.45, 2.75) is 20.0 Å². The quantitative estimate of drug-likeness (QED) is 0.400. The number of halogens is 1. The van der Waals surface area contributed by atoms with Crippen LogP contribution in [0.2, 0.25) is 5.02 Å². The number of carbonyl (C=O) groups is 2. The van der Waals surface area contributed by atoms with Crippen LogP contribution in [-0.4, -0.2) is 11.9 Å². The van der Waals surface area contributed by atoms with Gasteiger partial charge in [-0.3, -0.25) is 4.79 Å². The molecule has 30 heavy (non-hydrogen) atoms. The van der Waals surface area contributed by atoms with Gasteiger partial charge in [-0.25, -0.2) is 4.79 Å². The Labute approximate surface area is 181 Å². The van der Waals surface area contributed by atoms with Gasteiger partial charge < -0.3 is 10.1 Å². The van der Waals surface area contributed by atoms with Gasteiger partial charge in [0.1, 0.15) is 0 Å². The monoisotopic (exact) mass is 419 g/mol. The highest BCUT2D eigenvalue weighted by molar-refractivity contribution is 6.32. The van der Waals surface area contributed by atoms with E-state index in [9.17, 15) is 9.59 Å².